The van der Waals surface area contributed by atoms with Crippen LogP contribution in [0.4, 0.5) is 0 Å². The predicted molar refractivity (Wildman–Crippen MR) is 91.0 cm³/mol. The Morgan fingerprint density at radius 1 is 1.12 bits per heavy atom. The van der Waals surface area contributed by atoms with Crippen molar-refractivity contribution in [2.45, 2.75) is 13.0 Å². The zero-order valence-electron chi connectivity index (χ0n) is 12.9. The van der Waals surface area contributed by atoms with E-state index >= 15 is 0 Å². The maximum atomic E-state index is 12.5. The number of amides is 3. The minimum atomic E-state index is -0.805. The van der Waals surface area contributed by atoms with Crippen LogP contribution in [0.5, 0.6) is 0 Å². The van der Waals surface area contributed by atoms with E-state index in [-0.39, 0.29) is 5.91 Å². The zero-order chi connectivity index (χ0) is 17.3. The van der Waals surface area contributed by atoms with E-state index in [1.54, 1.807) is 42.6 Å². The fraction of sp³-hybridized carbons (Fsp3) is 0.118. The van der Waals surface area contributed by atoms with E-state index < -0.39 is 17.9 Å². The van der Waals surface area contributed by atoms with Crippen molar-refractivity contribution >= 4 is 34.8 Å². The van der Waals surface area contributed by atoms with Crippen molar-refractivity contribution in [3.63, 3.8) is 0 Å². The lowest BCUT2D eigenvalue weighted by atomic mass is 10.1. The molecule has 1 aromatic heterocycles. The molecule has 0 radical (unpaired) electrons. The molecule has 3 amide bonds. The van der Waals surface area contributed by atoms with E-state index in [4.69, 9.17) is 0 Å². The Hall–Kier alpha value is -2.93. The molecule has 0 aliphatic carbocycles. The fourth-order valence-corrected chi connectivity index (χ4v) is 3.14. The molecule has 122 valence electrons. The monoisotopic (exact) mass is 341 g/mol. The van der Waals surface area contributed by atoms with Gasteiger partial charge in [0.05, 0.1) is 4.88 Å². The van der Waals surface area contributed by atoms with Gasteiger partial charge in [-0.3, -0.25) is 30.1 Å². The first kappa shape index (κ1) is 15.9. The largest absolute Gasteiger partial charge is 0.296 e. The highest BCUT2D eigenvalue weighted by molar-refractivity contribution is 7.12. The van der Waals surface area contributed by atoms with Crippen LogP contribution in [0.15, 0.2) is 48.4 Å². The van der Waals surface area contributed by atoms with Crippen molar-refractivity contribution in [1.82, 2.24) is 15.8 Å². The van der Waals surface area contributed by atoms with Crippen molar-refractivity contribution in [1.29, 1.82) is 0 Å². The van der Waals surface area contributed by atoms with E-state index in [9.17, 15) is 14.4 Å². The molecule has 7 heteroatoms. The second-order valence-corrected chi connectivity index (χ2v) is 6.21. The number of thiophene rings is 1. The van der Waals surface area contributed by atoms with Crippen molar-refractivity contribution < 1.29 is 14.4 Å². The van der Waals surface area contributed by atoms with Crippen LogP contribution in [0.2, 0.25) is 0 Å². The molecule has 3 rings (SSSR count). The summed E-state index contributed by atoms with van der Waals surface area (Å²) in [6.45, 7) is 5.49. The Kier molecular flexibility index (Phi) is 4.18. The number of rotatable bonds is 3. The lowest BCUT2D eigenvalue weighted by Gasteiger charge is -2.24. The number of hydrazine groups is 1. The smallest absolute Gasteiger partial charge is 0.279 e. The Labute approximate surface area is 142 Å². The van der Waals surface area contributed by atoms with Crippen molar-refractivity contribution in [2.75, 3.05) is 0 Å². The lowest BCUT2D eigenvalue weighted by molar-refractivity contribution is -0.125. The Morgan fingerprint density at radius 2 is 1.83 bits per heavy atom. The van der Waals surface area contributed by atoms with Crippen LogP contribution >= 0.6 is 11.3 Å². The molecule has 24 heavy (non-hydrogen) atoms. The van der Waals surface area contributed by atoms with Gasteiger partial charge in [0.15, 0.2) is 0 Å². The maximum absolute atomic E-state index is 12.5. The molecular weight excluding hydrogens is 326 g/mol. The molecule has 2 N–H and O–H groups in total. The highest BCUT2D eigenvalue weighted by Gasteiger charge is 2.36. The first-order valence-electron chi connectivity index (χ1n) is 7.26. The molecule has 1 aromatic carbocycles. The summed E-state index contributed by atoms with van der Waals surface area (Å²) in [6.07, 6.45) is 0. The summed E-state index contributed by atoms with van der Waals surface area (Å²) in [5.41, 5.74) is 6.40. The highest BCUT2D eigenvalue weighted by atomic mass is 32.1. The third-order valence-electron chi connectivity index (χ3n) is 3.79. The maximum Gasteiger partial charge on any atom is 0.279 e. The number of carbonyl (C=O) groups is 3. The summed E-state index contributed by atoms with van der Waals surface area (Å²) in [4.78, 5) is 38.4. The summed E-state index contributed by atoms with van der Waals surface area (Å²) in [6, 6.07) is 9.66. The number of carbonyl (C=O) groups excluding carboxylic acids is 3. The highest BCUT2D eigenvalue weighted by Crippen LogP contribution is 2.32. The van der Waals surface area contributed by atoms with Gasteiger partial charge in [0, 0.05) is 16.8 Å². The van der Waals surface area contributed by atoms with Crippen LogP contribution in [0.1, 0.15) is 32.5 Å². The van der Waals surface area contributed by atoms with Gasteiger partial charge < -0.3 is 0 Å². The van der Waals surface area contributed by atoms with Crippen LogP contribution < -0.4 is 10.9 Å². The van der Waals surface area contributed by atoms with E-state index in [1.165, 1.54) is 16.2 Å². The SMILES string of the molecule is C=C1c2ccccc2C(=O)N1C(C)C(=O)NNC(=O)c1cccs1. The standard InChI is InChI=1S/C17H15N3O3S/c1-10-12-6-3-4-7-13(12)17(23)20(10)11(2)15(21)18-19-16(22)14-8-5-9-24-14/h3-9,11H,1H2,2H3,(H,18,21)(H,19,22). The number of nitrogens with one attached hydrogen (secondary N) is 2. The Morgan fingerprint density at radius 3 is 2.46 bits per heavy atom. The quantitative estimate of drug-likeness (QED) is 0.839. The molecule has 0 bridgehead atoms. The van der Waals surface area contributed by atoms with Gasteiger partial charge in [-0.05, 0) is 24.4 Å². The fourth-order valence-electron chi connectivity index (χ4n) is 2.52. The number of hydrogen-bond acceptors (Lipinski definition) is 4. The zero-order valence-corrected chi connectivity index (χ0v) is 13.7. The number of benzene rings is 1. The van der Waals surface area contributed by atoms with Gasteiger partial charge in [-0.1, -0.05) is 30.8 Å². The predicted octanol–water partition coefficient (Wildman–Crippen LogP) is 2.02. The molecule has 1 unspecified atom stereocenters. The Balaban J connectivity index is 1.67. The molecule has 0 saturated heterocycles. The van der Waals surface area contributed by atoms with Crippen molar-refractivity contribution in [3.05, 3.63) is 64.4 Å². The van der Waals surface area contributed by atoms with Gasteiger partial charge in [-0.25, -0.2) is 0 Å². The number of nitrogens with zero attached hydrogens (tertiary/aromatic N) is 1. The molecule has 2 heterocycles. The molecule has 0 spiro atoms. The third kappa shape index (κ3) is 2.69. The average Bonchev–Trinajstić information content (AvgIpc) is 3.20. The molecule has 1 aliphatic rings. The first-order chi connectivity index (χ1) is 11.5. The van der Waals surface area contributed by atoms with Crippen LogP contribution in [-0.4, -0.2) is 28.7 Å². The van der Waals surface area contributed by atoms with Crippen molar-refractivity contribution in [3.8, 4) is 0 Å². The summed E-state index contributed by atoms with van der Waals surface area (Å²) >= 11 is 1.27. The normalized spacial score (nSPS) is 14.3. The molecule has 1 aliphatic heterocycles. The first-order valence-corrected chi connectivity index (χ1v) is 8.14. The summed E-state index contributed by atoms with van der Waals surface area (Å²) in [5, 5.41) is 1.77. The third-order valence-corrected chi connectivity index (χ3v) is 4.66. The number of fused-ring (bicyclic) bond motifs is 1. The minimum absolute atomic E-state index is 0.275. The van der Waals surface area contributed by atoms with Gasteiger partial charge in [-0.2, -0.15) is 0 Å². The minimum Gasteiger partial charge on any atom is -0.296 e. The van der Waals surface area contributed by atoms with Gasteiger partial charge in [0.1, 0.15) is 6.04 Å². The molecular formula is C17H15N3O3S. The molecule has 0 saturated carbocycles. The van der Waals surface area contributed by atoms with E-state index in [0.29, 0.717) is 21.7 Å². The second-order valence-electron chi connectivity index (χ2n) is 5.26. The van der Waals surface area contributed by atoms with Crippen molar-refractivity contribution in [2.24, 2.45) is 0 Å². The van der Waals surface area contributed by atoms with Gasteiger partial charge in [0.2, 0.25) is 0 Å². The van der Waals surface area contributed by atoms with E-state index in [1.807, 2.05) is 6.07 Å². The van der Waals surface area contributed by atoms with Gasteiger partial charge in [0.25, 0.3) is 17.7 Å². The lowest BCUT2D eigenvalue weighted by Crippen LogP contribution is -2.50. The van der Waals surface area contributed by atoms with Gasteiger partial charge in [-0.15, -0.1) is 11.3 Å². The second kappa shape index (κ2) is 6.29. The van der Waals surface area contributed by atoms with Crippen LogP contribution in [0, 0.1) is 0 Å². The van der Waals surface area contributed by atoms with Crippen LogP contribution in [-0.2, 0) is 4.79 Å². The van der Waals surface area contributed by atoms with Crippen LogP contribution in [0.3, 0.4) is 0 Å². The molecule has 0 fully saturated rings. The van der Waals surface area contributed by atoms with E-state index in [0.717, 1.165) is 0 Å². The van der Waals surface area contributed by atoms with Crippen LogP contribution in [0.25, 0.3) is 5.70 Å². The summed E-state index contributed by atoms with van der Waals surface area (Å²) < 4.78 is 0. The number of hydrogen-bond donors (Lipinski definition) is 2. The Bertz CT molecular complexity index is 794. The van der Waals surface area contributed by atoms with Gasteiger partial charge >= 0.3 is 0 Å². The summed E-state index contributed by atoms with van der Waals surface area (Å²) in [5.74, 6) is -1.18. The van der Waals surface area contributed by atoms with E-state index in [2.05, 4.69) is 17.4 Å². The summed E-state index contributed by atoms with van der Waals surface area (Å²) in [7, 11) is 0. The average molecular weight is 341 g/mol. The molecule has 1 atom stereocenters. The topological polar surface area (TPSA) is 78.5 Å². The molecule has 2 aromatic rings. The molecule has 6 nitrogen and oxygen atoms in total.